The fourth-order valence-corrected chi connectivity index (χ4v) is 3.74. The van der Waals surface area contributed by atoms with Crippen LogP contribution in [-0.4, -0.2) is 23.5 Å². The number of carbonyl (C=O) groups is 2. The van der Waals surface area contributed by atoms with Crippen molar-refractivity contribution in [3.05, 3.63) is 89.7 Å². The first-order valence-electron chi connectivity index (χ1n) is 10.6. The van der Waals surface area contributed by atoms with Crippen LogP contribution in [0.3, 0.4) is 0 Å². The number of benzene rings is 2. The molecule has 0 atom stereocenters. The van der Waals surface area contributed by atoms with Crippen LogP contribution in [0.5, 0.6) is 0 Å². The van der Waals surface area contributed by atoms with Crippen LogP contribution < -0.4 is 15.5 Å². The lowest BCUT2D eigenvalue weighted by Crippen LogP contribution is -2.35. The quantitative estimate of drug-likeness (QED) is 0.653. The minimum Gasteiger partial charge on any atom is -0.350 e. The Balaban J connectivity index is 1.33. The van der Waals surface area contributed by atoms with Crippen molar-refractivity contribution in [1.29, 1.82) is 0 Å². The van der Waals surface area contributed by atoms with Gasteiger partial charge in [-0.05, 0) is 60.7 Å². The number of urea groups is 1. The van der Waals surface area contributed by atoms with Gasteiger partial charge in [0.25, 0.3) is 0 Å². The van der Waals surface area contributed by atoms with E-state index in [0.717, 1.165) is 36.2 Å². The lowest BCUT2D eigenvalue weighted by atomic mass is 10.1. The second-order valence-electron chi connectivity index (χ2n) is 7.64. The minimum atomic E-state index is -0.129. The number of rotatable bonds is 5. The highest BCUT2D eigenvalue weighted by Gasteiger charge is 2.20. The number of nitrogens with zero attached hydrogens (tertiary/aromatic N) is 2. The van der Waals surface area contributed by atoms with Gasteiger partial charge in [0.15, 0.2) is 0 Å². The van der Waals surface area contributed by atoms with Crippen molar-refractivity contribution in [2.24, 2.45) is 0 Å². The molecule has 2 aromatic carbocycles. The van der Waals surface area contributed by atoms with Crippen molar-refractivity contribution < 1.29 is 9.59 Å². The van der Waals surface area contributed by atoms with Crippen LogP contribution in [0, 0.1) is 0 Å². The zero-order valence-corrected chi connectivity index (χ0v) is 17.4. The molecule has 1 aromatic heterocycles. The molecule has 0 saturated heterocycles. The van der Waals surface area contributed by atoms with Gasteiger partial charge in [-0.15, -0.1) is 0 Å². The first-order chi connectivity index (χ1) is 15.2. The summed E-state index contributed by atoms with van der Waals surface area (Å²) in [6, 6.07) is 21.0. The summed E-state index contributed by atoms with van der Waals surface area (Å²) < 4.78 is 0. The summed E-state index contributed by atoms with van der Waals surface area (Å²) in [7, 11) is 0. The van der Waals surface area contributed by atoms with Gasteiger partial charge < -0.3 is 10.6 Å². The highest BCUT2D eigenvalue weighted by molar-refractivity contribution is 6.02. The molecule has 0 bridgehead atoms. The number of amides is 3. The molecular weight excluding hydrogens is 388 g/mol. The summed E-state index contributed by atoms with van der Waals surface area (Å²) in [5.74, 6) is -0.0661. The zero-order chi connectivity index (χ0) is 21.5. The van der Waals surface area contributed by atoms with E-state index in [0.29, 0.717) is 18.8 Å². The van der Waals surface area contributed by atoms with Crippen molar-refractivity contribution in [3.8, 4) is 0 Å². The molecule has 1 aliphatic heterocycles. The van der Waals surface area contributed by atoms with Gasteiger partial charge in [0, 0.05) is 24.1 Å². The van der Waals surface area contributed by atoms with E-state index in [-0.39, 0.29) is 18.4 Å². The molecule has 2 heterocycles. The molecule has 0 aliphatic carbocycles. The van der Waals surface area contributed by atoms with E-state index in [9.17, 15) is 9.59 Å². The summed E-state index contributed by atoms with van der Waals surface area (Å²) in [5, 5.41) is 5.86. The predicted molar refractivity (Wildman–Crippen MR) is 122 cm³/mol. The Morgan fingerprint density at radius 1 is 0.935 bits per heavy atom. The molecule has 0 fully saturated rings. The minimum absolute atomic E-state index is 0.0661. The molecule has 3 aromatic rings. The molecule has 0 unspecified atom stereocenters. The van der Waals surface area contributed by atoms with Gasteiger partial charge in [-0.25, -0.2) is 4.79 Å². The van der Waals surface area contributed by atoms with Crippen molar-refractivity contribution in [2.75, 3.05) is 16.8 Å². The molecule has 3 amide bonds. The van der Waals surface area contributed by atoms with Gasteiger partial charge in [0.2, 0.25) is 5.91 Å². The molecule has 158 valence electrons. The number of fused-ring (bicyclic) bond motifs is 1. The summed E-state index contributed by atoms with van der Waals surface area (Å²) in [6.45, 7) is 1.11. The van der Waals surface area contributed by atoms with Crippen LogP contribution in [0.15, 0.2) is 72.9 Å². The zero-order valence-electron chi connectivity index (χ0n) is 17.4. The number of aryl methyl sites for hydroxylation is 1. The Morgan fingerprint density at radius 2 is 1.74 bits per heavy atom. The number of hydrogen-bond acceptors (Lipinski definition) is 3. The van der Waals surface area contributed by atoms with Crippen LogP contribution >= 0.6 is 0 Å². The van der Waals surface area contributed by atoms with Gasteiger partial charge in [-0.1, -0.05) is 36.4 Å². The number of carbonyl (C=O) groups excluding carboxylic acids is 2. The smallest absolute Gasteiger partial charge is 0.326 e. The lowest BCUT2D eigenvalue weighted by Gasteiger charge is -2.23. The number of anilines is 2. The molecule has 31 heavy (non-hydrogen) atoms. The van der Waals surface area contributed by atoms with Crippen molar-refractivity contribution in [2.45, 2.75) is 32.2 Å². The molecule has 0 spiro atoms. The molecule has 6 heteroatoms. The van der Waals surface area contributed by atoms with Crippen LogP contribution in [-0.2, 0) is 24.2 Å². The van der Waals surface area contributed by atoms with Gasteiger partial charge in [0.1, 0.15) is 0 Å². The van der Waals surface area contributed by atoms with E-state index in [4.69, 9.17) is 0 Å². The number of para-hydroxylation sites is 1. The van der Waals surface area contributed by atoms with Crippen LogP contribution in [0.25, 0.3) is 0 Å². The fourth-order valence-electron chi connectivity index (χ4n) is 3.74. The Bertz CT molecular complexity index is 1030. The summed E-state index contributed by atoms with van der Waals surface area (Å²) in [6.07, 6.45) is 5.04. The van der Waals surface area contributed by atoms with E-state index in [1.807, 2.05) is 65.6 Å². The van der Waals surface area contributed by atoms with Crippen molar-refractivity contribution in [3.63, 3.8) is 0 Å². The summed E-state index contributed by atoms with van der Waals surface area (Å²) in [5.41, 5.74) is 4.62. The normalized spacial score (nSPS) is 13.1. The lowest BCUT2D eigenvalue weighted by molar-refractivity contribution is -0.120. The topological polar surface area (TPSA) is 74.3 Å². The maximum Gasteiger partial charge on any atom is 0.326 e. The van der Waals surface area contributed by atoms with Gasteiger partial charge in [0.05, 0.1) is 18.7 Å². The number of nitrogens with one attached hydrogen (secondary N) is 2. The van der Waals surface area contributed by atoms with Crippen LogP contribution in [0.2, 0.25) is 0 Å². The maximum absolute atomic E-state index is 12.9. The van der Waals surface area contributed by atoms with E-state index in [1.165, 1.54) is 5.56 Å². The first kappa shape index (κ1) is 20.6. The molecule has 2 N–H and O–H groups in total. The van der Waals surface area contributed by atoms with Crippen molar-refractivity contribution >= 4 is 23.3 Å². The van der Waals surface area contributed by atoms with Crippen molar-refractivity contribution in [1.82, 2.24) is 10.3 Å². The Kier molecular flexibility index (Phi) is 6.57. The van der Waals surface area contributed by atoms with E-state index >= 15 is 0 Å². The molecule has 0 radical (unpaired) electrons. The third kappa shape index (κ3) is 5.48. The fraction of sp³-hybridized carbons (Fsp3) is 0.240. The second-order valence-corrected chi connectivity index (χ2v) is 7.64. The third-order valence-electron chi connectivity index (χ3n) is 5.37. The van der Waals surface area contributed by atoms with E-state index in [2.05, 4.69) is 21.7 Å². The number of pyridine rings is 1. The average molecular weight is 415 g/mol. The SMILES string of the molecule is O=C(Cc1ccc(NC(=O)N2CCCCc3ccccc32)cc1)NCc1ccccn1. The highest BCUT2D eigenvalue weighted by atomic mass is 16.2. The molecule has 4 rings (SSSR count). The third-order valence-corrected chi connectivity index (χ3v) is 5.37. The average Bonchev–Trinajstić information content (AvgIpc) is 3.02. The van der Waals surface area contributed by atoms with Gasteiger partial charge in [-0.3, -0.25) is 14.7 Å². The molecule has 1 aliphatic rings. The largest absolute Gasteiger partial charge is 0.350 e. The first-order valence-corrected chi connectivity index (χ1v) is 10.6. The van der Waals surface area contributed by atoms with Crippen LogP contribution in [0.4, 0.5) is 16.2 Å². The Hall–Kier alpha value is -3.67. The van der Waals surface area contributed by atoms with E-state index < -0.39 is 0 Å². The summed E-state index contributed by atoms with van der Waals surface area (Å²) in [4.78, 5) is 31.1. The van der Waals surface area contributed by atoms with Gasteiger partial charge >= 0.3 is 6.03 Å². The highest BCUT2D eigenvalue weighted by Crippen LogP contribution is 2.26. The number of hydrogen-bond donors (Lipinski definition) is 2. The maximum atomic E-state index is 12.9. The Labute approximate surface area is 182 Å². The van der Waals surface area contributed by atoms with Crippen LogP contribution in [0.1, 0.15) is 29.7 Å². The Morgan fingerprint density at radius 3 is 2.55 bits per heavy atom. The monoisotopic (exact) mass is 414 g/mol. The molecule has 0 saturated carbocycles. The summed E-state index contributed by atoms with van der Waals surface area (Å²) >= 11 is 0. The van der Waals surface area contributed by atoms with Gasteiger partial charge in [-0.2, -0.15) is 0 Å². The molecular formula is C25H26N4O2. The second kappa shape index (κ2) is 9.89. The predicted octanol–water partition coefficient (Wildman–Crippen LogP) is 4.32. The molecule has 6 nitrogen and oxygen atoms in total. The van der Waals surface area contributed by atoms with E-state index in [1.54, 1.807) is 6.20 Å². The number of aromatic nitrogens is 1. The standard InChI is InChI=1S/C25H26N4O2/c30-24(27-18-22-9-3-5-15-26-22)17-19-11-13-21(14-12-19)28-25(31)29-16-6-4-8-20-7-1-2-10-23(20)29/h1-3,5,7,9-15H,4,6,8,16-18H2,(H,27,30)(H,28,31).